The van der Waals surface area contributed by atoms with Crippen LogP contribution < -0.4 is 4.90 Å². The fourth-order valence-electron chi connectivity index (χ4n) is 2.16. The summed E-state index contributed by atoms with van der Waals surface area (Å²) in [6, 6.07) is 0. The highest BCUT2D eigenvalue weighted by Crippen LogP contribution is 2.36. The van der Waals surface area contributed by atoms with Crippen LogP contribution in [0.5, 0.6) is 0 Å². The van der Waals surface area contributed by atoms with Crippen molar-refractivity contribution in [2.75, 3.05) is 11.4 Å². The van der Waals surface area contributed by atoms with Crippen LogP contribution in [0.4, 0.5) is 19.1 Å². The summed E-state index contributed by atoms with van der Waals surface area (Å²) in [4.78, 5) is 27.3. The molecular weight excluding hydrogens is 414 g/mol. The maximum Gasteiger partial charge on any atom is 0.434 e. The van der Waals surface area contributed by atoms with Crippen molar-refractivity contribution in [3.63, 3.8) is 0 Å². The van der Waals surface area contributed by atoms with E-state index in [4.69, 9.17) is 0 Å². The number of rotatable bonds is 2. The van der Waals surface area contributed by atoms with E-state index in [1.807, 2.05) is 0 Å². The Morgan fingerprint density at radius 2 is 2.09 bits per heavy atom. The fraction of sp³-hybridized carbons (Fsp3) is 0.333. The summed E-state index contributed by atoms with van der Waals surface area (Å²) in [7, 11) is 0. The van der Waals surface area contributed by atoms with Crippen molar-refractivity contribution in [3.8, 4) is 11.5 Å². The molecule has 2 aromatic rings. The van der Waals surface area contributed by atoms with Crippen LogP contribution in [0.2, 0.25) is 0 Å². The van der Waals surface area contributed by atoms with Crippen LogP contribution >= 0.6 is 22.6 Å². The Labute approximate surface area is 136 Å². The molecule has 0 unspecified atom stereocenters. The summed E-state index contributed by atoms with van der Waals surface area (Å²) >= 11 is 1.54. The van der Waals surface area contributed by atoms with Gasteiger partial charge in [0.2, 0.25) is 11.9 Å². The largest absolute Gasteiger partial charge is 0.434 e. The second-order valence-electron chi connectivity index (χ2n) is 4.62. The van der Waals surface area contributed by atoms with Crippen LogP contribution in [0, 0.1) is 3.57 Å². The predicted molar refractivity (Wildman–Crippen MR) is 78.9 cm³/mol. The minimum atomic E-state index is -4.64. The van der Waals surface area contributed by atoms with Crippen LogP contribution in [0.1, 0.15) is 18.5 Å². The van der Waals surface area contributed by atoms with E-state index in [0.29, 0.717) is 13.0 Å². The summed E-state index contributed by atoms with van der Waals surface area (Å²) in [6.07, 6.45) is -0.875. The van der Waals surface area contributed by atoms with E-state index < -0.39 is 11.9 Å². The molecule has 0 spiro atoms. The van der Waals surface area contributed by atoms with Crippen molar-refractivity contribution in [2.24, 2.45) is 0 Å². The van der Waals surface area contributed by atoms with Gasteiger partial charge in [0.25, 0.3) is 0 Å². The van der Waals surface area contributed by atoms with Crippen LogP contribution in [-0.2, 0) is 11.0 Å². The molecule has 1 aliphatic heterocycles. The third-order valence-corrected chi connectivity index (χ3v) is 4.17. The number of nitrogens with one attached hydrogen (secondary N) is 1. The summed E-state index contributed by atoms with van der Waals surface area (Å²) in [6.45, 7) is 0.314. The molecule has 0 aromatic carbocycles. The van der Waals surface area contributed by atoms with Crippen LogP contribution in [-0.4, -0.2) is 32.4 Å². The Balaban J connectivity index is 2.19. The number of amides is 1. The fourth-order valence-corrected chi connectivity index (χ4v) is 2.96. The van der Waals surface area contributed by atoms with Gasteiger partial charge in [0.05, 0.1) is 3.57 Å². The van der Waals surface area contributed by atoms with E-state index in [-0.39, 0.29) is 33.4 Å². The van der Waals surface area contributed by atoms with Crippen molar-refractivity contribution in [1.82, 2.24) is 19.9 Å². The zero-order valence-corrected chi connectivity index (χ0v) is 13.1. The van der Waals surface area contributed by atoms with Gasteiger partial charge in [-0.3, -0.25) is 9.69 Å². The molecule has 1 amide bonds. The lowest BCUT2D eigenvalue weighted by atomic mass is 10.3. The Hall–Kier alpha value is -1.72. The molecule has 1 fully saturated rings. The number of hydrogen-bond donors (Lipinski definition) is 1. The van der Waals surface area contributed by atoms with Crippen molar-refractivity contribution >= 4 is 34.4 Å². The molecule has 0 atom stereocenters. The SMILES string of the molecule is O=C1CCCN1c1nc(-c2ncc[nH]2)c(I)c(C(F)(F)F)n1. The molecule has 1 aliphatic rings. The van der Waals surface area contributed by atoms with E-state index in [0.717, 1.165) is 0 Å². The Bertz CT molecular complexity index is 716. The number of H-pyrrole nitrogens is 1. The van der Waals surface area contributed by atoms with Gasteiger partial charge < -0.3 is 4.98 Å². The first-order valence-electron chi connectivity index (χ1n) is 6.33. The van der Waals surface area contributed by atoms with Crippen LogP contribution in [0.25, 0.3) is 11.5 Å². The van der Waals surface area contributed by atoms with Gasteiger partial charge >= 0.3 is 6.18 Å². The highest BCUT2D eigenvalue weighted by atomic mass is 127. The third kappa shape index (κ3) is 2.66. The maximum absolute atomic E-state index is 13.2. The average Bonchev–Trinajstić information content (AvgIpc) is 3.09. The molecule has 1 N–H and O–H groups in total. The number of alkyl halides is 3. The zero-order valence-electron chi connectivity index (χ0n) is 11.0. The molecule has 0 saturated carbocycles. The number of nitrogens with zero attached hydrogens (tertiary/aromatic N) is 4. The molecule has 1 saturated heterocycles. The molecular formula is C12H9F3IN5O. The Morgan fingerprint density at radius 3 is 2.64 bits per heavy atom. The highest BCUT2D eigenvalue weighted by molar-refractivity contribution is 14.1. The second kappa shape index (κ2) is 5.48. The van der Waals surface area contributed by atoms with E-state index in [1.54, 1.807) is 22.6 Å². The monoisotopic (exact) mass is 423 g/mol. The average molecular weight is 423 g/mol. The molecule has 0 radical (unpaired) electrons. The molecule has 6 nitrogen and oxygen atoms in total. The molecule has 0 aliphatic carbocycles. The summed E-state index contributed by atoms with van der Waals surface area (Å²) in [5.41, 5.74) is -1.04. The number of aromatic nitrogens is 4. The first-order valence-corrected chi connectivity index (χ1v) is 7.40. The van der Waals surface area contributed by atoms with Gasteiger partial charge in [0.1, 0.15) is 5.69 Å². The number of halogens is 4. The van der Waals surface area contributed by atoms with E-state index in [2.05, 4.69) is 19.9 Å². The number of anilines is 1. The predicted octanol–water partition coefficient (Wildman–Crippen LogP) is 2.62. The number of imidazole rings is 1. The van der Waals surface area contributed by atoms with Crippen LogP contribution in [0.15, 0.2) is 12.4 Å². The second-order valence-corrected chi connectivity index (χ2v) is 5.70. The van der Waals surface area contributed by atoms with Crippen molar-refractivity contribution in [3.05, 3.63) is 21.7 Å². The summed E-state index contributed by atoms with van der Waals surface area (Å²) in [5, 5.41) is 0. The van der Waals surface area contributed by atoms with Gasteiger partial charge in [-0.05, 0) is 29.0 Å². The van der Waals surface area contributed by atoms with E-state index in [1.165, 1.54) is 17.3 Å². The van der Waals surface area contributed by atoms with Crippen molar-refractivity contribution < 1.29 is 18.0 Å². The quantitative estimate of drug-likeness (QED) is 0.754. The molecule has 22 heavy (non-hydrogen) atoms. The number of carbonyl (C=O) groups is 1. The zero-order chi connectivity index (χ0) is 15.9. The van der Waals surface area contributed by atoms with Crippen LogP contribution in [0.3, 0.4) is 0 Å². The lowest BCUT2D eigenvalue weighted by molar-refractivity contribution is -0.142. The van der Waals surface area contributed by atoms with Gasteiger partial charge in [0.15, 0.2) is 11.5 Å². The number of hydrogen-bond acceptors (Lipinski definition) is 4. The molecule has 3 rings (SSSR count). The normalized spacial score (nSPS) is 15.6. The highest BCUT2D eigenvalue weighted by Gasteiger charge is 2.39. The van der Waals surface area contributed by atoms with Gasteiger partial charge in [-0.25, -0.2) is 15.0 Å². The van der Waals surface area contributed by atoms with E-state index in [9.17, 15) is 18.0 Å². The van der Waals surface area contributed by atoms with E-state index >= 15 is 0 Å². The minimum absolute atomic E-state index is 0.0302. The number of aromatic amines is 1. The summed E-state index contributed by atoms with van der Waals surface area (Å²) in [5.74, 6) is -0.313. The Kier molecular flexibility index (Phi) is 3.78. The lowest BCUT2D eigenvalue weighted by Gasteiger charge is -2.17. The van der Waals surface area contributed by atoms with Gasteiger partial charge in [-0.2, -0.15) is 13.2 Å². The standard InChI is InChI=1S/C12H9F3IN5O/c13-12(14,15)9-7(16)8(10-17-3-4-18-10)19-11(20-9)21-5-1-2-6(21)22/h3-4H,1-2,5H2,(H,17,18). The molecule has 116 valence electrons. The molecule has 0 bridgehead atoms. The van der Waals surface area contributed by atoms with Gasteiger partial charge in [-0.15, -0.1) is 0 Å². The van der Waals surface area contributed by atoms with Crippen molar-refractivity contribution in [1.29, 1.82) is 0 Å². The smallest absolute Gasteiger partial charge is 0.343 e. The first kappa shape index (κ1) is 15.2. The lowest BCUT2D eigenvalue weighted by Crippen LogP contribution is -2.28. The maximum atomic E-state index is 13.2. The Morgan fingerprint density at radius 1 is 1.32 bits per heavy atom. The summed E-state index contributed by atoms with van der Waals surface area (Å²) < 4.78 is 39.5. The van der Waals surface area contributed by atoms with Gasteiger partial charge in [-0.1, -0.05) is 0 Å². The first-order chi connectivity index (χ1) is 10.4. The third-order valence-electron chi connectivity index (χ3n) is 3.15. The number of carbonyl (C=O) groups excluding carboxylic acids is 1. The molecule has 10 heteroatoms. The van der Waals surface area contributed by atoms with Crippen molar-refractivity contribution in [2.45, 2.75) is 19.0 Å². The molecule has 2 aromatic heterocycles. The minimum Gasteiger partial charge on any atom is -0.343 e. The molecule has 3 heterocycles. The topological polar surface area (TPSA) is 74.8 Å². The van der Waals surface area contributed by atoms with Gasteiger partial charge in [0, 0.05) is 25.4 Å².